The van der Waals surface area contributed by atoms with Crippen LogP contribution in [0.25, 0.3) is 0 Å². The molecule has 0 saturated carbocycles. The van der Waals surface area contributed by atoms with Crippen molar-refractivity contribution in [2.45, 2.75) is 39.5 Å². The van der Waals surface area contributed by atoms with Crippen molar-refractivity contribution >= 4 is 5.82 Å². The minimum absolute atomic E-state index is 0.443. The average molecular weight is 181 g/mol. The van der Waals surface area contributed by atoms with Crippen molar-refractivity contribution in [3.8, 4) is 0 Å². The summed E-state index contributed by atoms with van der Waals surface area (Å²) in [4.78, 5) is 4.54. The van der Waals surface area contributed by atoms with E-state index in [1.54, 1.807) is 0 Å². The molecule has 0 unspecified atom stereocenters. The van der Waals surface area contributed by atoms with Gasteiger partial charge in [0.05, 0.1) is 5.69 Å². The second-order valence-electron chi connectivity index (χ2n) is 3.77. The second kappa shape index (κ2) is 3.81. The summed E-state index contributed by atoms with van der Waals surface area (Å²) in [6.45, 7) is 6.41. The highest BCUT2D eigenvalue weighted by atomic mass is 15.1. The monoisotopic (exact) mass is 181 g/mol. The minimum Gasteiger partial charge on any atom is -0.384 e. The molecule has 1 heterocycles. The lowest BCUT2D eigenvalue weighted by Gasteiger charge is -2.04. The average Bonchev–Trinajstić information content (AvgIpc) is 2.33. The standard InChI is InChI=1S/C10H19N3/c1-5-6-8-9(11)13(4)10(12-8)7(2)3/h7H,5-6,11H2,1-4H3. The third kappa shape index (κ3) is 1.85. The summed E-state index contributed by atoms with van der Waals surface area (Å²) in [6.07, 6.45) is 2.07. The van der Waals surface area contributed by atoms with E-state index in [2.05, 4.69) is 25.8 Å². The number of hydrogen-bond donors (Lipinski definition) is 1. The van der Waals surface area contributed by atoms with E-state index in [1.165, 1.54) is 0 Å². The fourth-order valence-corrected chi connectivity index (χ4v) is 1.52. The van der Waals surface area contributed by atoms with Gasteiger partial charge in [-0.3, -0.25) is 0 Å². The SMILES string of the molecule is CCCc1nc(C(C)C)n(C)c1N. The van der Waals surface area contributed by atoms with Crippen molar-refractivity contribution in [1.82, 2.24) is 9.55 Å². The van der Waals surface area contributed by atoms with Crippen LogP contribution in [0.2, 0.25) is 0 Å². The zero-order valence-corrected chi connectivity index (χ0v) is 8.96. The van der Waals surface area contributed by atoms with E-state index in [9.17, 15) is 0 Å². The van der Waals surface area contributed by atoms with Crippen LogP contribution >= 0.6 is 0 Å². The first kappa shape index (κ1) is 10.1. The van der Waals surface area contributed by atoms with Crippen molar-refractivity contribution in [1.29, 1.82) is 0 Å². The number of imidazole rings is 1. The van der Waals surface area contributed by atoms with Gasteiger partial charge >= 0.3 is 0 Å². The molecule has 13 heavy (non-hydrogen) atoms. The van der Waals surface area contributed by atoms with Gasteiger partial charge in [0.2, 0.25) is 0 Å². The smallest absolute Gasteiger partial charge is 0.126 e. The van der Waals surface area contributed by atoms with Crippen LogP contribution in [0, 0.1) is 0 Å². The van der Waals surface area contributed by atoms with Crippen LogP contribution in [0.4, 0.5) is 5.82 Å². The number of anilines is 1. The predicted molar refractivity (Wildman–Crippen MR) is 55.7 cm³/mol. The molecule has 0 aliphatic rings. The number of aryl methyl sites for hydroxylation is 1. The largest absolute Gasteiger partial charge is 0.384 e. The van der Waals surface area contributed by atoms with Gasteiger partial charge < -0.3 is 10.3 Å². The molecule has 0 bridgehead atoms. The molecule has 0 aliphatic carbocycles. The van der Waals surface area contributed by atoms with E-state index >= 15 is 0 Å². The summed E-state index contributed by atoms with van der Waals surface area (Å²) in [5.41, 5.74) is 6.98. The van der Waals surface area contributed by atoms with Gasteiger partial charge in [0.25, 0.3) is 0 Å². The predicted octanol–water partition coefficient (Wildman–Crippen LogP) is 2.08. The molecule has 0 aliphatic heterocycles. The Morgan fingerprint density at radius 2 is 2.08 bits per heavy atom. The molecule has 0 aromatic carbocycles. The summed E-state index contributed by atoms with van der Waals surface area (Å²) < 4.78 is 2.00. The summed E-state index contributed by atoms with van der Waals surface area (Å²) in [6, 6.07) is 0. The normalized spacial score (nSPS) is 11.2. The maximum Gasteiger partial charge on any atom is 0.126 e. The second-order valence-corrected chi connectivity index (χ2v) is 3.77. The fraction of sp³-hybridized carbons (Fsp3) is 0.700. The molecule has 0 atom stereocenters. The number of nitrogens with zero attached hydrogens (tertiary/aromatic N) is 2. The van der Waals surface area contributed by atoms with Gasteiger partial charge in [0, 0.05) is 13.0 Å². The molecule has 74 valence electrons. The van der Waals surface area contributed by atoms with Gasteiger partial charge in [-0.05, 0) is 6.42 Å². The van der Waals surface area contributed by atoms with Gasteiger partial charge in [-0.25, -0.2) is 4.98 Å². The van der Waals surface area contributed by atoms with Crippen molar-refractivity contribution in [3.05, 3.63) is 11.5 Å². The molecule has 1 aromatic heterocycles. The molecule has 2 N–H and O–H groups in total. The number of hydrogen-bond acceptors (Lipinski definition) is 2. The van der Waals surface area contributed by atoms with Crippen LogP contribution in [0.1, 0.15) is 44.6 Å². The van der Waals surface area contributed by atoms with Gasteiger partial charge in [0.15, 0.2) is 0 Å². The number of nitrogens with two attached hydrogens (primary N) is 1. The molecule has 0 spiro atoms. The Kier molecular flexibility index (Phi) is 2.96. The highest BCUT2D eigenvalue weighted by molar-refractivity contribution is 5.38. The van der Waals surface area contributed by atoms with Gasteiger partial charge in [0.1, 0.15) is 11.6 Å². The highest BCUT2D eigenvalue weighted by Crippen LogP contribution is 2.20. The molecule has 0 saturated heterocycles. The van der Waals surface area contributed by atoms with Crippen molar-refractivity contribution in [2.24, 2.45) is 7.05 Å². The van der Waals surface area contributed by atoms with E-state index in [0.717, 1.165) is 30.2 Å². The Morgan fingerprint density at radius 3 is 2.46 bits per heavy atom. The van der Waals surface area contributed by atoms with Gasteiger partial charge in [-0.15, -0.1) is 0 Å². The molecule has 1 rings (SSSR count). The van der Waals surface area contributed by atoms with Crippen LogP contribution in [0.15, 0.2) is 0 Å². The Bertz CT molecular complexity index is 287. The zero-order valence-electron chi connectivity index (χ0n) is 8.96. The third-order valence-corrected chi connectivity index (χ3v) is 2.25. The molecule has 3 heteroatoms. The van der Waals surface area contributed by atoms with Crippen molar-refractivity contribution in [2.75, 3.05) is 5.73 Å². The summed E-state index contributed by atoms with van der Waals surface area (Å²) >= 11 is 0. The quantitative estimate of drug-likeness (QED) is 0.775. The third-order valence-electron chi connectivity index (χ3n) is 2.25. The first-order valence-corrected chi connectivity index (χ1v) is 4.88. The van der Waals surface area contributed by atoms with E-state index in [0.29, 0.717) is 5.92 Å². The lowest BCUT2D eigenvalue weighted by molar-refractivity contribution is 0.713. The van der Waals surface area contributed by atoms with Crippen LogP contribution in [0.5, 0.6) is 0 Å². The molecule has 0 fully saturated rings. The Hall–Kier alpha value is -0.990. The Morgan fingerprint density at radius 1 is 1.46 bits per heavy atom. The van der Waals surface area contributed by atoms with Gasteiger partial charge in [-0.2, -0.15) is 0 Å². The van der Waals surface area contributed by atoms with Crippen LogP contribution < -0.4 is 5.73 Å². The Labute approximate surface area is 80.0 Å². The topological polar surface area (TPSA) is 43.8 Å². The lowest BCUT2D eigenvalue weighted by atomic mass is 10.2. The van der Waals surface area contributed by atoms with Crippen LogP contribution in [-0.2, 0) is 13.5 Å². The first-order chi connectivity index (χ1) is 6.07. The van der Waals surface area contributed by atoms with E-state index in [-0.39, 0.29) is 0 Å². The van der Waals surface area contributed by atoms with Crippen LogP contribution in [-0.4, -0.2) is 9.55 Å². The maximum atomic E-state index is 5.93. The van der Waals surface area contributed by atoms with Crippen molar-refractivity contribution < 1.29 is 0 Å². The zero-order chi connectivity index (χ0) is 10.0. The number of aromatic nitrogens is 2. The molecule has 0 amide bonds. The first-order valence-electron chi connectivity index (χ1n) is 4.88. The molecular weight excluding hydrogens is 162 g/mol. The molecular formula is C10H19N3. The van der Waals surface area contributed by atoms with Gasteiger partial charge in [-0.1, -0.05) is 27.2 Å². The van der Waals surface area contributed by atoms with E-state index < -0.39 is 0 Å². The number of rotatable bonds is 3. The molecule has 0 radical (unpaired) electrons. The maximum absolute atomic E-state index is 5.93. The van der Waals surface area contributed by atoms with E-state index in [4.69, 9.17) is 5.73 Å². The van der Waals surface area contributed by atoms with Crippen molar-refractivity contribution in [3.63, 3.8) is 0 Å². The highest BCUT2D eigenvalue weighted by Gasteiger charge is 2.13. The van der Waals surface area contributed by atoms with Crippen LogP contribution in [0.3, 0.4) is 0 Å². The summed E-state index contributed by atoms with van der Waals surface area (Å²) in [7, 11) is 1.98. The Balaban J connectivity index is 3.05. The fourth-order valence-electron chi connectivity index (χ4n) is 1.52. The number of nitrogen functional groups attached to an aromatic ring is 1. The minimum atomic E-state index is 0.443. The summed E-state index contributed by atoms with van der Waals surface area (Å²) in [5, 5.41) is 0. The molecule has 3 nitrogen and oxygen atoms in total. The lowest BCUT2D eigenvalue weighted by Crippen LogP contribution is -2.03. The summed E-state index contributed by atoms with van der Waals surface area (Å²) in [5.74, 6) is 2.35. The van der Waals surface area contributed by atoms with E-state index in [1.807, 2.05) is 11.6 Å². The molecule has 1 aromatic rings.